The number of aromatic nitrogens is 1. The van der Waals surface area contributed by atoms with Crippen molar-refractivity contribution in [2.24, 2.45) is 11.0 Å². The van der Waals surface area contributed by atoms with E-state index < -0.39 is 0 Å². The number of nitrogens with zero attached hydrogens (tertiary/aromatic N) is 4. The summed E-state index contributed by atoms with van der Waals surface area (Å²) in [5, 5.41) is 14.5. The van der Waals surface area contributed by atoms with E-state index in [2.05, 4.69) is 53.7 Å². The molecule has 1 aromatic carbocycles. The maximum absolute atomic E-state index is 13.2. The van der Waals surface area contributed by atoms with Gasteiger partial charge in [0.25, 0.3) is 0 Å². The first-order valence-electron chi connectivity index (χ1n) is 13.1. The van der Waals surface area contributed by atoms with E-state index in [1.165, 1.54) is 12.8 Å². The maximum atomic E-state index is 13.2. The summed E-state index contributed by atoms with van der Waals surface area (Å²) in [6, 6.07) is 11.2. The fraction of sp³-hybridized carbons (Fsp3) is 0.500. The van der Waals surface area contributed by atoms with Gasteiger partial charge in [-0.15, -0.1) is 0 Å². The third-order valence-corrected chi connectivity index (χ3v) is 6.24. The summed E-state index contributed by atoms with van der Waals surface area (Å²) in [5.74, 6) is 1.35. The average molecular weight is 562 g/mol. The van der Waals surface area contributed by atoms with Gasteiger partial charge in [0.05, 0.1) is 6.67 Å². The van der Waals surface area contributed by atoms with Gasteiger partial charge in [0.1, 0.15) is 11.6 Å². The second-order valence-corrected chi connectivity index (χ2v) is 8.92. The Morgan fingerprint density at radius 3 is 2.64 bits per heavy atom. The molecule has 198 valence electrons. The van der Waals surface area contributed by atoms with E-state index in [9.17, 15) is 4.39 Å². The van der Waals surface area contributed by atoms with Crippen LogP contribution in [-0.2, 0) is 13.1 Å². The maximum Gasteiger partial charge on any atom is 0.123 e. The van der Waals surface area contributed by atoms with Crippen molar-refractivity contribution < 1.29 is 4.39 Å². The smallest absolute Gasteiger partial charge is 0.123 e. The molecular formula is C28H42BrFN6. The average Bonchev–Trinajstić information content (AvgIpc) is 2.95. The second-order valence-electron chi connectivity index (χ2n) is 8.27. The zero-order chi connectivity index (χ0) is 26.2. The highest BCUT2D eigenvalue weighted by atomic mass is 79.9. The highest BCUT2D eigenvalue weighted by molar-refractivity contribution is 9.09. The fourth-order valence-electron chi connectivity index (χ4n) is 4.35. The van der Waals surface area contributed by atoms with Gasteiger partial charge in [-0.1, -0.05) is 61.8 Å². The molecule has 4 rings (SSSR count). The molecule has 1 saturated heterocycles. The van der Waals surface area contributed by atoms with Gasteiger partial charge in [-0.05, 0) is 60.7 Å². The number of benzene rings is 1. The molecule has 0 bridgehead atoms. The lowest BCUT2D eigenvalue weighted by molar-refractivity contribution is 0.137. The largest absolute Gasteiger partial charge is 0.366 e. The van der Waals surface area contributed by atoms with Crippen LogP contribution in [0.3, 0.4) is 0 Å². The number of hydrazone groups is 1. The zero-order valence-electron chi connectivity index (χ0n) is 22.1. The van der Waals surface area contributed by atoms with Crippen LogP contribution >= 0.6 is 15.9 Å². The number of piperidine rings is 1. The van der Waals surface area contributed by atoms with Crippen LogP contribution < -0.4 is 10.6 Å². The van der Waals surface area contributed by atoms with Crippen LogP contribution in [-0.4, -0.2) is 52.2 Å². The van der Waals surface area contributed by atoms with Gasteiger partial charge < -0.3 is 5.32 Å². The highest BCUT2D eigenvalue weighted by Crippen LogP contribution is 2.25. The minimum atomic E-state index is -0.180. The number of nitrogens with one attached hydrogen (secondary N) is 2. The Kier molecular flexibility index (Phi) is 14.3. The van der Waals surface area contributed by atoms with E-state index >= 15 is 0 Å². The Hall–Kier alpha value is -2.29. The van der Waals surface area contributed by atoms with Crippen LogP contribution in [0.4, 0.5) is 4.39 Å². The predicted molar refractivity (Wildman–Crippen MR) is 152 cm³/mol. The lowest BCUT2D eigenvalue weighted by atomic mass is 9.89. The number of pyridine rings is 1. The minimum Gasteiger partial charge on any atom is -0.366 e. The van der Waals surface area contributed by atoms with Gasteiger partial charge >= 0.3 is 0 Å². The molecule has 3 heterocycles. The summed E-state index contributed by atoms with van der Waals surface area (Å²) in [6.07, 6.45) is 10.2. The molecule has 2 aromatic rings. The zero-order valence-corrected chi connectivity index (χ0v) is 23.7. The molecule has 2 N–H and O–H groups in total. The molecule has 6 nitrogen and oxygen atoms in total. The summed E-state index contributed by atoms with van der Waals surface area (Å²) in [5.41, 5.74) is 2.30. The Bertz CT molecular complexity index is 906. The summed E-state index contributed by atoms with van der Waals surface area (Å²) < 4.78 is 13.2. The first-order valence-corrected chi connectivity index (χ1v) is 14.2. The van der Waals surface area contributed by atoms with Crippen LogP contribution in [0.25, 0.3) is 0 Å². The van der Waals surface area contributed by atoms with Gasteiger partial charge in [0.15, 0.2) is 0 Å². The molecule has 2 aliphatic heterocycles. The van der Waals surface area contributed by atoms with Crippen molar-refractivity contribution in [3.05, 3.63) is 77.6 Å². The molecule has 2 atom stereocenters. The van der Waals surface area contributed by atoms with Crippen LogP contribution in [0.2, 0.25) is 0 Å². The third-order valence-electron chi connectivity index (χ3n) is 5.95. The Morgan fingerprint density at radius 1 is 1.17 bits per heavy atom. The van der Waals surface area contributed by atoms with Crippen molar-refractivity contribution >= 4 is 22.1 Å². The summed E-state index contributed by atoms with van der Waals surface area (Å²) in [7, 11) is 0. The standard InChI is InChI=1S/C24H30BrFN6.2C2H6/c25-9-11-30-32-18-29-23(13-24(32)28-15-20-3-1-10-27-14-20)21-4-2-12-31(17-21)16-19-5-7-22(26)8-6-19;2*1-2/h1,3,5-8,10-11,13-14,21,23,28-29H,2,4,9,12,15-18H2;2*1-2H3/b30-11-;;. The molecule has 8 heteroatoms. The quantitative estimate of drug-likeness (QED) is 0.319. The SMILES string of the molecule is CC.CC.Fc1ccc(CN2CCCC(C3C=C(NCc4cccnc4)N(/N=C\CBr)CN3)C2)cc1. The van der Waals surface area contributed by atoms with Gasteiger partial charge in [-0.3, -0.25) is 15.2 Å². The molecule has 2 unspecified atom stereocenters. The highest BCUT2D eigenvalue weighted by Gasteiger charge is 2.29. The fourth-order valence-corrected chi connectivity index (χ4v) is 4.48. The number of halogens is 2. The molecular weight excluding hydrogens is 519 g/mol. The van der Waals surface area contributed by atoms with Crippen molar-refractivity contribution in [2.45, 2.75) is 59.7 Å². The van der Waals surface area contributed by atoms with Crippen molar-refractivity contribution in [3.8, 4) is 0 Å². The van der Waals surface area contributed by atoms with Crippen molar-refractivity contribution in [1.82, 2.24) is 25.5 Å². The Balaban J connectivity index is 0.00000109. The molecule has 0 radical (unpaired) electrons. The van der Waals surface area contributed by atoms with E-state index in [-0.39, 0.29) is 11.9 Å². The first-order chi connectivity index (χ1) is 17.7. The van der Waals surface area contributed by atoms with E-state index in [0.717, 1.165) is 36.6 Å². The summed E-state index contributed by atoms with van der Waals surface area (Å²) in [6.45, 7) is 12.3. The predicted octanol–water partition coefficient (Wildman–Crippen LogP) is 5.73. The Morgan fingerprint density at radius 2 is 1.94 bits per heavy atom. The number of hydrogen-bond donors (Lipinski definition) is 2. The molecule has 1 aromatic heterocycles. The van der Waals surface area contributed by atoms with E-state index in [1.54, 1.807) is 18.3 Å². The van der Waals surface area contributed by atoms with E-state index in [4.69, 9.17) is 0 Å². The lowest BCUT2D eigenvalue weighted by Gasteiger charge is -2.40. The van der Waals surface area contributed by atoms with Crippen molar-refractivity contribution in [3.63, 3.8) is 0 Å². The third kappa shape index (κ3) is 9.64. The molecule has 0 amide bonds. The summed E-state index contributed by atoms with van der Waals surface area (Å²) in [4.78, 5) is 6.69. The molecule has 2 aliphatic rings. The van der Waals surface area contributed by atoms with Crippen LogP contribution in [0.5, 0.6) is 0 Å². The lowest BCUT2D eigenvalue weighted by Crippen LogP contribution is -2.51. The van der Waals surface area contributed by atoms with Crippen LogP contribution in [0, 0.1) is 11.7 Å². The molecule has 36 heavy (non-hydrogen) atoms. The van der Waals surface area contributed by atoms with Crippen LogP contribution in [0.15, 0.2) is 65.8 Å². The van der Waals surface area contributed by atoms with Crippen molar-refractivity contribution in [2.75, 3.05) is 25.1 Å². The van der Waals surface area contributed by atoms with Crippen molar-refractivity contribution in [1.29, 1.82) is 0 Å². The molecule has 0 spiro atoms. The minimum absolute atomic E-state index is 0.180. The topological polar surface area (TPSA) is 55.8 Å². The first kappa shape index (κ1) is 29.9. The van der Waals surface area contributed by atoms with E-state index in [0.29, 0.717) is 24.5 Å². The van der Waals surface area contributed by atoms with Gasteiger partial charge in [0, 0.05) is 49.6 Å². The normalized spacial score (nSPS) is 20.1. The number of hydrogen-bond acceptors (Lipinski definition) is 6. The number of rotatable bonds is 8. The van der Waals surface area contributed by atoms with Crippen LogP contribution in [0.1, 0.15) is 51.7 Å². The monoisotopic (exact) mass is 560 g/mol. The number of likely N-dealkylation sites (tertiary alicyclic amines) is 1. The second kappa shape index (κ2) is 17.2. The van der Waals surface area contributed by atoms with Gasteiger partial charge in [-0.25, -0.2) is 9.40 Å². The summed E-state index contributed by atoms with van der Waals surface area (Å²) >= 11 is 3.41. The van der Waals surface area contributed by atoms with Gasteiger partial charge in [-0.2, -0.15) is 5.10 Å². The molecule has 0 saturated carbocycles. The number of alkyl halides is 1. The van der Waals surface area contributed by atoms with E-state index in [1.807, 2.05) is 63.3 Å². The molecule has 1 fully saturated rings. The Labute approximate surface area is 225 Å². The van der Waals surface area contributed by atoms with Gasteiger partial charge in [0.2, 0.25) is 0 Å². The molecule has 0 aliphatic carbocycles.